The van der Waals surface area contributed by atoms with Gasteiger partial charge < -0.3 is 9.32 Å². The molecule has 0 bridgehead atoms. The molecule has 0 atom stereocenters. The topological polar surface area (TPSA) is 75.4 Å². The fraction of sp³-hybridized carbons (Fsp3) is 0.250. The van der Waals surface area contributed by atoms with E-state index in [2.05, 4.69) is 16.4 Å². The van der Waals surface area contributed by atoms with E-state index < -0.39 is 0 Å². The average Bonchev–Trinajstić information content (AvgIpc) is 3.28. The van der Waals surface area contributed by atoms with Crippen molar-refractivity contribution in [3.8, 4) is 0 Å². The summed E-state index contributed by atoms with van der Waals surface area (Å²) in [6.45, 7) is 5.12. The van der Waals surface area contributed by atoms with Crippen LogP contribution in [0.15, 0.2) is 41.0 Å². The number of nitrogens with zero attached hydrogens (tertiary/aromatic N) is 2. The van der Waals surface area contributed by atoms with Crippen LogP contribution in [-0.4, -0.2) is 28.2 Å². The Hall–Kier alpha value is -2.93. The van der Waals surface area contributed by atoms with Gasteiger partial charge in [-0.2, -0.15) is 0 Å². The third-order valence-electron chi connectivity index (χ3n) is 4.45. The summed E-state index contributed by atoms with van der Waals surface area (Å²) in [6, 6.07) is 9.17. The number of anilines is 1. The second-order valence-corrected chi connectivity index (χ2v) is 7.76. The third kappa shape index (κ3) is 3.64. The first-order valence-electron chi connectivity index (χ1n) is 8.70. The predicted octanol–water partition coefficient (Wildman–Crippen LogP) is 3.80. The normalized spacial score (nSPS) is 13.3. The van der Waals surface area contributed by atoms with Crippen molar-refractivity contribution in [2.75, 3.05) is 11.9 Å². The zero-order chi connectivity index (χ0) is 19.0. The quantitative estimate of drug-likeness (QED) is 0.749. The molecule has 6 nitrogen and oxygen atoms in total. The van der Waals surface area contributed by atoms with E-state index in [4.69, 9.17) is 4.42 Å². The van der Waals surface area contributed by atoms with Gasteiger partial charge in [0.05, 0.1) is 18.5 Å². The Labute approximate surface area is 160 Å². The number of nitrogens with one attached hydrogen (secondary N) is 1. The summed E-state index contributed by atoms with van der Waals surface area (Å²) in [5, 5.41) is 3.29. The van der Waals surface area contributed by atoms with Crippen molar-refractivity contribution < 1.29 is 14.0 Å². The standard InChI is InChI=1S/C20H19N3O3S/c1-12-8-13(2)10-14(9-12)19(25)23-6-5-15-17(11-23)27-20(21-15)22-18(24)16-4-3-7-26-16/h3-4,7-10H,5-6,11H2,1-2H3,(H,21,22,24). The van der Waals surface area contributed by atoms with Crippen molar-refractivity contribution in [1.29, 1.82) is 0 Å². The molecule has 2 aromatic heterocycles. The largest absolute Gasteiger partial charge is 0.459 e. The molecule has 1 aliphatic rings. The molecule has 4 rings (SSSR count). The van der Waals surface area contributed by atoms with Crippen molar-refractivity contribution in [2.45, 2.75) is 26.8 Å². The van der Waals surface area contributed by atoms with Crippen LogP contribution in [0.2, 0.25) is 0 Å². The summed E-state index contributed by atoms with van der Waals surface area (Å²) < 4.78 is 5.10. The highest BCUT2D eigenvalue weighted by Gasteiger charge is 2.25. The van der Waals surface area contributed by atoms with Gasteiger partial charge in [0.1, 0.15) is 0 Å². The molecule has 0 radical (unpaired) electrons. The number of fused-ring (bicyclic) bond motifs is 1. The molecule has 0 saturated carbocycles. The highest BCUT2D eigenvalue weighted by atomic mass is 32.1. The van der Waals surface area contributed by atoms with Crippen LogP contribution in [0.25, 0.3) is 0 Å². The summed E-state index contributed by atoms with van der Waals surface area (Å²) in [7, 11) is 0. The maximum atomic E-state index is 12.9. The van der Waals surface area contributed by atoms with Crippen LogP contribution in [-0.2, 0) is 13.0 Å². The fourth-order valence-electron chi connectivity index (χ4n) is 3.27. The molecule has 1 aliphatic heterocycles. The minimum Gasteiger partial charge on any atom is -0.459 e. The molecule has 0 spiro atoms. The van der Waals surface area contributed by atoms with Crippen molar-refractivity contribution in [1.82, 2.24) is 9.88 Å². The zero-order valence-electron chi connectivity index (χ0n) is 15.1. The van der Waals surface area contributed by atoms with Crippen LogP contribution in [0.1, 0.15) is 42.6 Å². The second-order valence-electron chi connectivity index (χ2n) is 6.67. The van der Waals surface area contributed by atoms with E-state index in [-0.39, 0.29) is 17.6 Å². The molecule has 0 saturated heterocycles. The summed E-state index contributed by atoms with van der Waals surface area (Å²) in [4.78, 5) is 32.3. The lowest BCUT2D eigenvalue weighted by atomic mass is 10.1. The van der Waals surface area contributed by atoms with E-state index in [1.54, 1.807) is 12.1 Å². The molecule has 2 amide bonds. The Morgan fingerprint density at radius 1 is 1.22 bits per heavy atom. The van der Waals surface area contributed by atoms with E-state index in [1.165, 1.54) is 17.6 Å². The number of benzene rings is 1. The van der Waals surface area contributed by atoms with Crippen LogP contribution in [0.3, 0.4) is 0 Å². The first-order valence-corrected chi connectivity index (χ1v) is 9.52. The number of carbonyl (C=O) groups is 2. The van der Waals surface area contributed by atoms with Gasteiger partial charge in [0.15, 0.2) is 10.9 Å². The lowest BCUT2D eigenvalue weighted by molar-refractivity contribution is 0.0736. The summed E-state index contributed by atoms with van der Waals surface area (Å²) in [5.74, 6) is -0.0499. The van der Waals surface area contributed by atoms with Gasteiger partial charge in [0.25, 0.3) is 11.8 Å². The molecular weight excluding hydrogens is 362 g/mol. The van der Waals surface area contributed by atoms with Crippen molar-refractivity contribution in [3.63, 3.8) is 0 Å². The smallest absolute Gasteiger partial charge is 0.293 e. The van der Waals surface area contributed by atoms with Crippen LogP contribution in [0.4, 0.5) is 5.13 Å². The second kappa shape index (κ2) is 7.00. The van der Waals surface area contributed by atoms with Gasteiger partial charge in [-0.25, -0.2) is 4.98 Å². The fourth-order valence-corrected chi connectivity index (χ4v) is 4.29. The summed E-state index contributed by atoms with van der Waals surface area (Å²) in [6.07, 6.45) is 2.14. The van der Waals surface area contributed by atoms with Crippen LogP contribution in [0.5, 0.6) is 0 Å². The maximum Gasteiger partial charge on any atom is 0.293 e. The van der Waals surface area contributed by atoms with E-state index in [9.17, 15) is 9.59 Å². The van der Waals surface area contributed by atoms with Gasteiger partial charge in [-0.3, -0.25) is 14.9 Å². The summed E-state index contributed by atoms with van der Waals surface area (Å²) >= 11 is 1.40. The molecular formula is C20H19N3O3S. The van der Waals surface area contributed by atoms with E-state index in [1.807, 2.05) is 30.9 Å². The van der Waals surface area contributed by atoms with Crippen molar-refractivity contribution in [3.05, 3.63) is 69.6 Å². The number of rotatable bonds is 3. The first kappa shape index (κ1) is 17.5. The van der Waals surface area contributed by atoms with Crippen LogP contribution >= 0.6 is 11.3 Å². The molecule has 27 heavy (non-hydrogen) atoms. The van der Waals surface area contributed by atoms with Crippen molar-refractivity contribution >= 4 is 28.3 Å². The molecule has 0 fully saturated rings. The van der Waals surface area contributed by atoms with Gasteiger partial charge in [-0.15, -0.1) is 0 Å². The molecule has 3 aromatic rings. The van der Waals surface area contributed by atoms with Gasteiger partial charge in [0, 0.05) is 23.4 Å². The molecule has 7 heteroatoms. The number of aromatic nitrogens is 1. The molecule has 1 N–H and O–H groups in total. The molecule has 1 aromatic carbocycles. The number of hydrogen-bond acceptors (Lipinski definition) is 5. The number of amides is 2. The number of hydrogen-bond donors (Lipinski definition) is 1. The zero-order valence-corrected chi connectivity index (χ0v) is 15.9. The SMILES string of the molecule is Cc1cc(C)cc(C(=O)N2CCc3nc(NC(=O)c4ccco4)sc3C2)c1. The average molecular weight is 381 g/mol. The van der Waals surface area contributed by atoms with E-state index in [0.29, 0.717) is 30.2 Å². The lowest BCUT2D eigenvalue weighted by Gasteiger charge is -2.26. The number of thiazole rings is 1. The number of furan rings is 1. The Balaban J connectivity index is 1.49. The predicted molar refractivity (Wildman–Crippen MR) is 103 cm³/mol. The van der Waals surface area contributed by atoms with Crippen LogP contribution < -0.4 is 5.32 Å². The minimum atomic E-state index is -0.325. The third-order valence-corrected chi connectivity index (χ3v) is 5.45. The maximum absolute atomic E-state index is 12.9. The Bertz CT molecular complexity index is 987. The first-order chi connectivity index (χ1) is 13.0. The highest BCUT2D eigenvalue weighted by Crippen LogP contribution is 2.29. The Kier molecular flexibility index (Phi) is 4.53. The van der Waals surface area contributed by atoms with Gasteiger partial charge in [0.2, 0.25) is 0 Å². The van der Waals surface area contributed by atoms with E-state index >= 15 is 0 Å². The molecule has 138 valence electrons. The summed E-state index contributed by atoms with van der Waals surface area (Å²) in [5.41, 5.74) is 3.82. The van der Waals surface area contributed by atoms with Gasteiger partial charge >= 0.3 is 0 Å². The highest BCUT2D eigenvalue weighted by molar-refractivity contribution is 7.15. The molecule has 0 unspecified atom stereocenters. The van der Waals surface area contributed by atoms with Crippen molar-refractivity contribution in [2.24, 2.45) is 0 Å². The van der Waals surface area contributed by atoms with E-state index in [0.717, 1.165) is 21.7 Å². The Morgan fingerprint density at radius 2 is 2.00 bits per heavy atom. The monoisotopic (exact) mass is 381 g/mol. The van der Waals surface area contributed by atoms with Gasteiger partial charge in [-0.05, 0) is 38.1 Å². The molecule has 3 heterocycles. The molecule has 0 aliphatic carbocycles. The van der Waals surface area contributed by atoms with Crippen LogP contribution in [0, 0.1) is 13.8 Å². The van der Waals surface area contributed by atoms with Gasteiger partial charge in [-0.1, -0.05) is 28.5 Å². The number of aryl methyl sites for hydroxylation is 2. The lowest BCUT2D eigenvalue weighted by Crippen LogP contribution is -2.35. The minimum absolute atomic E-state index is 0.0296. The Morgan fingerprint density at radius 3 is 2.70 bits per heavy atom. The number of carbonyl (C=O) groups excluding carboxylic acids is 2.